The quantitative estimate of drug-likeness (QED) is 0.814. The molecule has 0 spiro atoms. The topological polar surface area (TPSA) is 90.7 Å². The zero-order valence-electron chi connectivity index (χ0n) is 12.2. The summed E-state index contributed by atoms with van der Waals surface area (Å²) in [5.41, 5.74) is 7.20. The van der Waals surface area contributed by atoms with Crippen molar-refractivity contribution in [2.24, 2.45) is 5.73 Å². The van der Waals surface area contributed by atoms with Crippen LogP contribution in [0.4, 0.5) is 5.69 Å². The summed E-state index contributed by atoms with van der Waals surface area (Å²) in [5, 5.41) is 2.73. The average Bonchev–Trinajstić information content (AvgIpc) is 2.97. The Morgan fingerprint density at radius 1 is 1.43 bits per heavy atom. The highest BCUT2D eigenvalue weighted by Gasteiger charge is 2.30. The van der Waals surface area contributed by atoms with Gasteiger partial charge in [-0.3, -0.25) is 4.79 Å². The van der Waals surface area contributed by atoms with Crippen LogP contribution in [0.25, 0.3) is 0 Å². The van der Waals surface area contributed by atoms with E-state index in [2.05, 4.69) is 5.32 Å². The highest BCUT2D eigenvalue weighted by atomic mass is 16.5. The molecule has 1 amide bonds. The van der Waals surface area contributed by atoms with Crippen LogP contribution in [-0.2, 0) is 14.3 Å². The fraction of sp³-hybridized carbons (Fsp3) is 0.467. The lowest BCUT2D eigenvalue weighted by molar-refractivity contribution is -0.126. The number of esters is 1. The Bertz CT molecular complexity index is 544. The molecule has 2 atom stereocenters. The molecule has 0 aromatic heterocycles. The van der Waals surface area contributed by atoms with Crippen molar-refractivity contribution >= 4 is 17.6 Å². The minimum atomic E-state index is -0.523. The number of aryl methyl sites for hydroxylation is 1. The summed E-state index contributed by atoms with van der Waals surface area (Å²) in [5.74, 6) is -0.749. The predicted molar refractivity (Wildman–Crippen MR) is 78.1 cm³/mol. The summed E-state index contributed by atoms with van der Waals surface area (Å²) in [4.78, 5) is 24.0. The fourth-order valence-electron chi connectivity index (χ4n) is 2.33. The fourth-order valence-corrected chi connectivity index (χ4v) is 2.33. The molecule has 6 heteroatoms. The number of rotatable bonds is 4. The van der Waals surface area contributed by atoms with Gasteiger partial charge in [0.25, 0.3) is 5.91 Å². The van der Waals surface area contributed by atoms with E-state index in [1.807, 2.05) is 13.0 Å². The van der Waals surface area contributed by atoms with Crippen LogP contribution in [0.1, 0.15) is 28.8 Å². The number of carbonyl (C=O) groups excluding carboxylic acids is 2. The number of methoxy groups -OCH3 is 1. The molecular formula is C15H20N2O4. The van der Waals surface area contributed by atoms with Gasteiger partial charge < -0.3 is 20.5 Å². The second-order valence-corrected chi connectivity index (χ2v) is 5.09. The number of carbonyl (C=O) groups is 2. The summed E-state index contributed by atoms with van der Waals surface area (Å²) in [7, 11) is 1.31. The molecule has 0 aliphatic carbocycles. The van der Waals surface area contributed by atoms with Gasteiger partial charge >= 0.3 is 5.97 Å². The van der Waals surface area contributed by atoms with E-state index in [1.54, 1.807) is 12.1 Å². The van der Waals surface area contributed by atoms with E-state index in [1.165, 1.54) is 7.11 Å². The lowest BCUT2D eigenvalue weighted by atomic mass is 10.1. The summed E-state index contributed by atoms with van der Waals surface area (Å²) >= 11 is 0. The molecule has 1 aliphatic rings. The van der Waals surface area contributed by atoms with E-state index in [0.717, 1.165) is 12.0 Å². The minimum absolute atomic E-state index is 0.0705. The molecule has 1 fully saturated rings. The molecule has 0 radical (unpaired) electrons. The van der Waals surface area contributed by atoms with E-state index in [9.17, 15) is 9.59 Å². The van der Waals surface area contributed by atoms with Gasteiger partial charge in [-0.05, 0) is 31.9 Å². The molecule has 1 aliphatic heterocycles. The number of amides is 1. The molecule has 1 heterocycles. The van der Waals surface area contributed by atoms with Gasteiger partial charge in [-0.15, -0.1) is 0 Å². The normalized spacial score (nSPS) is 21.1. The second-order valence-electron chi connectivity index (χ2n) is 5.09. The molecule has 1 aromatic carbocycles. The monoisotopic (exact) mass is 292 g/mol. The molecule has 6 nitrogen and oxygen atoms in total. The van der Waals surface area contributed by atoms with Gasteiger partial charge in [0.15, 0.2) is 0 Å². The number of benzene rings is 1. The summed E-state index contributed by atoms with van der Waals surface area (Å²) in [6.07, 6.45) is 0.809. The van der Waals surface area contributed by atoms with Gasteiger partial charge in [0, 0.05) is 6.54 Å². The Hall–Kier alpha value is -1.92. The lowest BCUT2D eigenvalue weighted by Crippen LogP contribution is -2.30. The van der Waals surface area contributed by atoms with Crippen LogP contribution in [0.15, 0.2) is 18.2 Å². The summed E-state index contributed by atoms with van der Waals surface area (Å²) in [6, 6.07) is 5.19. The third kappa shape index (κ3) is 3.59. The van der Waals surface area contributed by atoms with E-state index >= 15 is 0 Å². The smallest absolute Gasteiger partial charge is 0.339 e. The van der Waals surface area contributed by atoms with Crippen molar-refractivity contribution in [1.82, 2.24) is 0 Å². The molecule has 0 saturated carbocycles. The number of hydrogen-bond acceptors (Lipinski definition) is 5. The van der Waals surface area contributed by atoms with Crippen LogP contribution >= 0.6 is 0 Å². The Balaban J connectivity index is 2.12. The minimum Gasteiger partial charge on any atom is -0.465 e. The molecule has 0 bridgehead atoms. The van der Waals surface area contributed by atoms with Gasteiger partial charge in [-0.2, -0.15) is 0 Å². The predicted octanol–water partition coefficient (Wildman–Crippen LogP) is 1.23. The van der Waals surface area contributed by atoms with Crippen LogP contribution in [0.5, 0.6) is 0 Å². The maximum atomic E-state index is 12.2. The highest BCUT2D eigenvalue weighted by Crippen LogP contribution is 2.23. The number of hydrogen-bond donors (Lipinski definition) is 2. The second kappa shape index (κ2) is 6.69. The van der Waals surface area contributed by atoms with Crippen molar-refractivity contribution in [1.29, 1.82) is 0 Å². The summed E-state index contributed by atoms with van der Waals surface area (Å²) < 4.78 is 10.3. The van der Waals surface area contributed by atoms with Crippen LogP contribution < -0.4 is 11.1 Å². The van der Waals surface area contributed by atoms with E-state index in [-0.39, 0.29) is 12.0 Å². The zero-order chi connectivity index (χ0) is 15.4. The van der Waals surface area contributed by atoms with Gasteiger partial charge in [-0.1, -0.05) is 11.6 Å². The first kappa shape index (κ1) is 15.5. The third-order valence-electron chi connectivity index (χ3n) is 3.50. The number of ether oxygens (including phenoxy) is 2. The Kier molecular flexibility index (Phi) is 4.93. The number of nitrogens with two attached hydrogens (primary N) is 1. The number of anilines is 1. The molecule has 1 aromatic rings. The average molecular weight is 292 g/mol. The van der Waals surface area contributed by atoms with E-state index < -0.39 is 12.1 Å². The SMILES string of the molecule is COC(=O)c1cc(C)ccc1NC(=O)C1CCC(CN)O1. The van der Waals surface area contributed by atoms with Gasteiger partial charge in [0.05, 0.1) is 24.5 Å². The van der Waals surface area contributed by atoms with Crippen molar-refractivity contribution in [3.8, 4) is 0 Å². The van der Waals surface area contributed by atoms with Crippen molar-refractivity contribution in [3.63, 3.8) is 0 Å². The maximum Gasteiger partial charge on any atom is 0.339 e. The largest absolute Gasteiger partial charge is 0.465 e. The van der Waals surface area contributed by atoms with Gasteiger partial charge in [0.2, 0.25) is 0 Å². The first-order valence-corrected chi connectivity index (χ1v) is 6.90. The molecule has 2 rings (SSSR count). The third-order valence-corrected chi connectivity index (χ3v) is 3.50. The molecule has 114 valence electrons. The van der Waals surface area contributed by atoms with Crippen molar-refractivity contribution < 1.29 is 19.1 Å². The van der Waals surface area contributed by atoms with Gasteiger partial charge in [0.1, 0.15) is 6.10 Å². The van der Waals surface area contributed by atoms with Crippen LogP contribution in [0.2, 0.25) is 0 Å². The van der Waals surface area contributed by atoms with Crippen molar-refractivity contribution in [2.45, 2.75) is 32.0 Å². The Morgan fingerprint density at radius 3 is 2.81 bits per heavy atom. The van der Waals surface area contributed by atoms with Crippen LogP contribution in [0.3, 0.4) is 0 Å². The van der Waals surface area contributed by atoms with Crippen molar-refractivity contribution in [2.75, 3.05) is 19.0 Å². The Labute approximate surface area is 123 Å². The first-order chi connectivity index (χ1) is 10.0. The molecular weight excluding hydrogens is 272 g/mol. The summed E-state index contributed by atoms with van der Waals surface area (Å²) in [6.45, 7) is 2.27. The molecule has 21 heavy (non-hydrogen) atoms. The Morgan fingerprint density at radius 2 is 2.19 bits per heavy atom. The first-order valence-electron chi connectivity index (χ1n) is 6.90. The molecule has 2 unspecified atom stereocenters. The van der Waals surface area contributed by atoms with Crippen LogP contribution in [-0.4, -0.2) is 37.7 Å². The standard InChI is InChI=1S/C15H20N2O4/c1-9-3-5-12(11(7-9)15(19)20-2)17-14(18)13-6-4-10(8-16)21-13/h3,5,7,10,13H,4,6,8,16H2,1-2H3,(H,17,18). The zero-order valence-corrected chi connectivity index (χ0v) is 12.2. The maximum absolute atomic E-state index is 12.2. The molecule has 1 saturated heterocycles. The van der Waals surface area contributed by atoms with Crippen molar-refractivity contribution in [3.05, 3.63) is 29.3 Å². The van der Waals surface area contributed by atoms with E-state index in [4.69, 9.17) is 15.2 Å². The van der Waals surface area contributed by atoms with Crippen LogP contribution in [0, 0.1) is 6.92 Å². The lowest BCUT2D eigenvalue weighted by Gasteiger charge is -2.15. The van der Waals surface area contributed by atoms with Gasteiger partial charge in [-0.25, -0.2) is 4.79 Å². The van der Waals surface area contributed by atoms with E-state index in [0.29, 0.717) is 24.2 Å². The molecule has 3 N–H and O–H groups in total. The number of nitrogens with one attached hydrogen (secondary N) is 1. The highest BCUT2D eigenvalue weighted by molar-refractivity contribution is 6.02.